The fourth-order valence-electron chi connectivity index (χ4n) is 9.47. The Morgan fingerprint density at radius 1 is 0.967 bits per heavy atom. The lowest BCUT2D eigenvalue weighted by molar-refractivity contribution is 0.0512. The molecule has 0 aliphatic carbocycles. The molecule has 14 heteroatoms. The van der Waals surface area contributed by atoms with Crippen LogP contribution in [-0.4, -0.2) is 102 Å². The van der Waals surface area contributed by atoms with Gasteiger partial charge >= 0.3 is 6.01 Å². The molecule has 0 saturated carbocycles. The van der Waals surface area contributed by atoms with Gasteiger partial charge in [-0.1, -0.05) is 74.3 Å². The molecular weight excluding hydrogens is 809 g/mol. The van der Waals surface area contributed by atoms with E-state index in [0.717, 1.165) is 24.8 Å². The van der Waals surface area contributed by atoms with Crippen molar-refractivity contribution >= 4 is 43.9 Å². The Morgan fingerprint density at radius 2 is 1.69 bits per heavy atom. The van der Waals surface area contributed by atoms with Gasteiger partial charge in [-0.2, -0.15) is 9.97 Å². The van der Waals surface area contributed by atoms with Crippen LogP contribution in [0.4, 0.5) is 14.6 Å². The van der Waals surface area contributed by atoms with Gasteiger partial charge in [-0.3, -0.25) is 4.90 Å². The number of pyridine rings is 1. The van der Waals surface area contributed by atoms with Crippen LogP contribution in [0.3, 0.4) is 0 Å². The van der Waals surface area contributed by atoms with Gasteiger partial charge in [0, 0.05) is 37.6 Å². The van der Waals surface area contributed by atoms with Gasteiger partial charge in [0.1, 0.15) is 43.6 Å². The van der Waals surface area contributed by atoms with Crippen LogP contribution in [0.5, 0.6) is 17.6 Å². The molecule has 2 aliphatic rings. The highest BCUT2D eigenvalue weighted by atomic mass is 28.4. The molecule has 6 rings (SSSR count). The highest BCUT2D eigenvalue weighted by molar-refractivity contribution is 6.90. The molecule has 2 saturated heterocycles. The molecule has 0 bridgehead atoms. The lowest BCUT2D eigenvalue weighted by Gasteiger charge is -2.38. The Labute approximate surface area is 364 Å². The monoisotopic (exact) mass is 875 g/mol. The third kappa shape index (κ3) is 9.42. The highest BCUT2D eigenvalue weighted by Gasteiger charge is 2.49. The molecule has 2 aromatic heterocycles. The van der Waals surface area contributed by atoms with Crippen LogP contribution in [-0.2, 0) is 9.16 Å². The molecule has 0 amide bonds. The number of hydrogen-bond acceptors (Lipinski definition) is 10. The van der Waals surface area contributed by atoms with Gasteiger partial charge in [-0.05, 0) is 83.8 Å². The number of benzene rings is 2. The number of hydrogen-bond donors (Lipinski definition) is 1. The van der Waals surface area contributed by atoms with E-state index in [4.69, 9.17) is 38.3 Å². The first-order valence-corrected chi connectivity index (χ1v) is 27.0. The number of halogens is 2. The van der Waals surface area contributed by atoms with E-state index in [-0.39, 0.29) is 30.3 Å². The second-order valence-electron chi connectivity index (χ2n) is 19.4. The minimum absolute atomic E-state index is 0.0166. The van der Waals surface area contributed by atoms with Gasteiger partial charge in [-0.15, -0.1) is 5.54 Å². The van der Waals surface area contributed by atoms with Crippen molar-refractivity contribution in [3.8, 4) is 40.4 Å². The number of ether oxygens (including phenoxy) is 4. The van der Waals surface area contributed by atoms with Crippen molar-refractivity contribution in [2.75, 3.05) is 59.2 Å². The first kappa shape index (κ1) is 46.6. The lowest BCUT2D eigenvalue weighted by Crippen LogP contribution is -2.43. The van der Waals surface area contributed by atoms with E-state index in [2.05, 4.69) is 97.1 Å². The minimum atomic E-state index is -2.25. The van der Waals surface area contributed by atoms with E-state index in [0.29, 0.717) is 87.4 Å². The zero-order chi connectivity index (χ0) is 44.5. The maximum atomic E-state index is 16.4. The van der Waals surface area contributed by atoms with E-state index in [1.807, 2.05) is 18.2 Å². The molecule has 0 unspecified atom stereocenters. The third-order valence-electron chi connectivity index (χ3n) is 13.6. The number of alkyl halides is 1. The summed E-state index contributed by atoms with van der Waals surface area (Å²) in [5.41, 5.74) is 6.31. The standard InChI is InChI=1S/C47H67F2N5O5Si2/c1-30(2)61(31(3)4,32(5)6)22-17-36-38(49)16-15-33-23-35(58-29-55-10)24-37(41(33)36)39-25-40-42(44(51-39)56-11)43(50-19-21-59-60(12,13)46(7,8)9)53-45(52-40)57-28-47-18-14-20-54(47)27-34(48)26-47/h15-16,23-25,30-32,34H,14,18-21,26-29H2,1-13H3,(H,50,52,53)/t34-,47+/m1/s1. The van der Waals surface area contributed by atoms with Crippen molar-refractivity contribution in [3.05, 3.63) is 41.7 Å². The molecule has 332 valence electrons. The molecule has 4 heterocycles. The van der Waals surface area contributed by atoms with E-state index in [1.165, 1.54) is 6.07 Å². The number of aromatic nitrogens is 3. The Bertz CT molecular complexity index is 2250. The maximum absolute atomic E-state index is 16.4. The molecule has 61 heavy (non-hydrogen) atoms. The molecule has 2 aliphatic heterocycles. The molecule has 10 nitrogen and oxygen atoms in total. The summed E-state index contributed by atoms with van der Waals surface area (Å²) >= 11 is 0. The van der Waals surface area contributed by atoms with Crippen molar-refractivity contribution in [1.82, 2.24) is 19.9 Å². The number of anilines is 1. The lowest BCUT2D eigenvalue weighted by atomic mass is 9.95. The fraction of sp³-hybridized carbons (Fsp3) is 0.596. The van der Waals surface area contributed by atoms with Crippen LogP contribution in [0.25, 0.3) is 32.9 Å². The average molecular weight is 876 g/mol. The number of rotatable bonds is 16. The van der Waals surface area contributed by atoms with E-state index in [9.17, 15) is 4.39 Å². The predicted molar refractivity (Wildman–Crippen MR) is 247 cm³/mol. The molecule has 1 N–H and O–H groups in total. The highest BCUT2D eigenvalue weighted by Crippen LogP contribution is 2.44. The summed E-state index contributed by atoms with van der Waals surface area (Å²) in [6.07, 6.45) is 1.37. The van der Waals surface area contributed by atoms with E-state index >= 15 is 4.39 Å². The fourth-order valence-corrected chi connectivity index (χ4v) is 15.7. The quantitative estimate of drug-likeness (QED) is 0.0507. The normalized spacial score (nSPS) is 18.6. The summed E-state index contributed by atoms with van der Waals surface area (Å²) in [7, 11) is -1.15. The van der Waals surface area contributed by atoms with Gasteiger partial charge in [0.25, 0.3) is 0 Å². The Morgan fingerprint density at radius 3 is 2.34 bits per heavy atom. The smallest absolute Gasteiger partial charge is 0.319 e. The summed E-state index contributed by atoms with van der Waals surface area (Å²) in [6.45, 7) is 27.0. The Hall–Kier alpha value is -3.88. The first-order chi connectivity index (χ1) is 28.8. The molecule has 0 spiro atoms. The molecule has 2 aromatic carbocycles. The SMILES string of the molecule is COCOc1cc(-c2cc3nc(OC[C@@]45CCCN4C[C@H](F)C5)nc(NCCO[Si](C)(C)C(C)(C)C)c3c(OC)n2)c2c(C#C[Si](C(C)C)(C(C)C)C(C)C)c(F)ccc2c1. The minimum Gasteiger partial charge on any atom is -0.480 e. The summed E-state index contributed by atoms with van der Waals surface area (Å²) in [5.74, 6) is 4.28. The van der Waals surface area contributed by atoms with Crippen molar-refractivity contribution in [1.29, 1.82) is 0 Å². The van der Waals surface area contributed by atoms with Gasteiger partial charge in [0.05, 0.1) is 36.0 Å². The average Bonchev–Trinajstić information content (AvgIpc) is 3.72. The second kappa shape index (κ2) is 18.5. The maximum Gasteiger partial charge on any atom is 0.319 e. The van der Waals surface area contributed by atoms with Crippen molar-refractivity contribution < 1.29 is 32.2 Å². The molecule has 2 atom stereocenters. The third-order valence-corrected chi connectivity index (χ3v) is 24.5. The van der Waals surface area contributed by atoms with E-state index < -0.39 is 33.9 Å². The van der Waals surface area contributed by atoms with Gasteiger partial charge < -0.3 is 28.7 Å². The number of methoxy groups -OCH3 is 2. The van der Waals surface area contributed by atoms with E-state index in [1.54, 1.807) is 20.3 Å². The number of fused-ring (bicyclic) bond motifs is 3. The predicted octanol–water partition coefficient (Wildman–Crippen LogP) is 10.9. The Balaban J connectivity index is 1.53. The van der Waals surface area contributed by atoms with Crippen LogP contribution in [0.1, 0.15) is 87.1 Å². The zero-order valence-corrected chi connectivity index (χ0v) is 40.6. The molecule has 0 radical (unpaired) electrons. The van der Waals surface area contributed by atoms with Crippen LogP contribution in [0, 0.1) is 17.3 Å². The zero-order valence-electron chi connectivity index (χ0n) is 38.6. The van der Waals surface area contributed by atoms with Crippen LogP contribution < -0.4 is 19.5 Å². The summed E-state index contributed by atoms with van der Waals surface area (Å²) < 4.78 is 61.4. The Kier molecular flexibility index (Phi) is 14.1. The molecular formula is C47H67F2N5O5Si2. The molecule has 2 fully saturated rings. The largest absolute Gasteiger partial charge is 0.480 e. The van der Waals surface area contributed by atoms with Gasteiger partial charge in [0.2, 0.25) is 5.88 Å². The topological polar surface area (TPSA) is 100 Å². The van der Waals surface area contributed by atoms with Crippen LogP contribution in [0.2, 0.25) is 34.8 Å². The number of nitrogens with one attached hydrogen (secondary N) is 1. The van der Waals surface area contributed by atoms with Gasteiger partial charge in [-0.25, -0.2) is 13.8 Å². The van der Waals surface area contributed by atoms with Crippen molar-refractivity contribution in [2.45, 2.75) is 128 Å². The van der Waals surface area contributed by atoms with Crippen molar-refractivity contribution in [3.63, 3.8) is 0 Å². The summed E-state index contributed by atoms with van der Waals surface area (Å²) in [5, 5.41) is 5.44. The summed E-state index contributed by atoms with van der Waals surface area (Å²) in [6, 6.07) is 8.93. The molecule has 4 aromatic rings. The van der Waals surface area contributed by atoms with Gasteiger partial charge in [0.15, 0.2) is 15.1 Å². The van der Waals surface area contributed by atoms with Crippen LogP contribution >= 0.6 is 0 Å². The van der Waals surface area contributed by atoms with Crippen LogP contribution in [0.15, 0.2) is 30.3 Å². The summed E-state index contributed by atoms with van der Waals surface area (Å²) in [4.78, 5) is 17.1. The second-order valence-corrected chi connectivity index (χ2v) is 29.7. The van der Waals surface area contributed by atoms with Crippen molar-refractivity contribution in [2.24, 2.45) is 0 Å². The number of nitrogens with zero attached hydrogens (tertiary/aromatic N) is 4. The first-order valence-electron chi connectivity index (χ1n) is 21.8.